The summed E-state index contributed by atoms with van der Waals surface area (Å²) in [4.78, 5) is 15.1. The highest BCUT2D eigenvalue weighted by Crippen LogP contribution is 2.28. The highest BCUT2D eigenvalue weighted by Gasteiger charge is 2.21. The number of likely N-dealkylation sites (tertiary alicyclic amines) is 1. The minimum absolute atomic E-state index is 0.275. The third kappa shape index (κ3) is 5.23. The molecule has 1 atom stereocenters. The fourth-order valence-electron chi connectivity index (χ4n) is 4.58. The Morgan fingerprint density at radius 2 is 1.97 bits per heavy atom. The number of ether oxygens (including phenoxy) is 1. The number of alkyl halides is 2. The maximum Gasteiger partial charge on any atom is 0.276 e. The number of rotatable bonds is 8. The van der Waals surface area contributed by atoms with E-state index in [1.54, 1.807) is 24.3 Å². The van der Waals surface area contributed by atoms with Crippen molar-refractivity contribution in [1.29, 1.82) is 0 Å². The molecule has 1 saturated heterocycles. The predicted molar refractivity (Wildman–Crippen MR) is 134 cm³/mol. The molecule has 0 spiro atoms. The van der Waals surface area contributed by atoms with E-state index >= 15 is 0 Å². The van der Waals surface area contributed by atoms with E-state index in [1.807, 2.05) is 35.3 Å². The monoisotopic (exact) mass is 494 g/mol. The van der Waals surface area contributed by atoms with Crippen LogP contribution in [0.4, 0.5) is 14.5 Å². The smallest absolute Gasteiger partial charge is 0.276 e. The van der Waals surface area contributed by atoms with Crippen LogP contribution in [0.2, 0.25) is 0 Å². The number of piperidine rings is 1. The molecule has 1 aliphatic heterocycles. The predicted octanol–water partition coefficient (Wildman–Crippen LogP) is 4.98. The Kier molecular flexibility index (Phi) is 6.95. The first-order chi connectivity index (χ1) is 17.5. The van der Waals surface area contributed by atoms with E-state index < -0.39 is 6.36 Å². The van der Waals surface area contributed by atoms with Crippen molar-refractivity contribution in [2.45, 2.75) is 32.2 Å². The van der Waals surface area contributed by atoms with Crippen LogP contribution in [0, 0.1) is 0 Å². The molecule has 1 aliphatic rings. The van der Waals surface area contributed by atoms with Gasteiger partial charge in [-0.15, -0.1) is 0 Å². The number of carbonyl (C=O) groups is 1. The van der Waals surface area contributed by atoms with Crippen molar-refractivity contribution >= 4 is 22.5 Å². The summed E-state index contributed by atoms with van der Waals surface area (Å²) in [5, 5.41) is 15.2. The Morgan fingerprint density at radius 1 is 1.19 bits per heavy atom. The number of anilines is 1. The first-order valence-electron chi connectivity index (χ1n) is 12.0. The Bertz CT molecular complexity index is 1330. The number of benzene rings is 2. The van der Waals surface area contributed by atoms with Gasteiger partial charge in [0.2, 0.25) is 6.36 Å². The average molecular weight is 495 g/mol. The number of aromatic nitrogens is 4. The number of aromatic amines is 1. The number of amides is 1. The number of fused-ring (bicyclic) bond motifs is 1. The number of halogens is 2. The van der Waals surface area contributed by atoms with Crippen molar-refractivity contribution < 1.29 is 18.3 Å². The molecular formula is C26H28F2N6O2. The lowest BCUT2D eigenvalue weighted by Gasteiger charge is -2.31. The number of hydrogen-bond acceptors (Lipinski definition) is 5. The van der Waals surface area contributed by atoms with Gasteiger partial charge >= 0.3 is 0 Å². The largest absolute Gasteiger partial charge is 0.461 e. The van der Waals surface area contributed by atoms with Gasteiger partial charge in [0, 0.05) is 49.4 Å². The van der Waals surface area contributed by atoms with E-state index in [2.05, 4.69) is 25.5 Å². The molecule has 2 aromatic heterocycles. The molecule has 0 bridgehead atoms. The van der Waals surface area contributed by atoms with E-state index in [-0.39, 0.29) is 18.3 Å². The van der Waals surface area contributed by atoms with Gasteiger partial charge in [0.25, 0.3) is 5.91 Å². The molecule has 3 heterocycles. The standard InChI is InChI=1S/C26H28F2N6O2/c1-17(28)36-22-5-3-20(4-6-22)30-26(35)25-23-14-18(2-7-24(23)31-32-25)19-15-29-34(16-19)21-8-11-33(12-9-21)13-10-27/h2-7,14-17,21H,8-13H2,1H3,(H,30,35)(H,31,32). The minimum Gasteiger partial charge on any atom is -0.461 e. The minimum atomic E-state index is -1.41. The van der Waals surface area contributed by atoms with Crippen molar-refractivity contribution in [3.05, 3.63) is 60.6 Å². The van der Waals surface area contributed by atoms with Crippen LogP contribution in [-0.4, -0.2) is 63.5 Å². The molecule has 2 aromatic carbocycles. The van der Waals surface area contributed by atoms with Crippen molar-refractivity contribution in [1.82, 2.24) is 24.9 Å². The van der Waals surface area contributed by atoms with E-state index in [9.17, 15) is 13.6 Å². The maximum absolute atomic E-state index is 13.0. The van der Waals surface area contributed by atoms with E-state index in [0.717, 1.165) is 42.6 Å². The van der Waals surface area contributed by atoms with Gasteiger partial charge in [-0.1, -0.05) is 6.07 Å². The van der Waals surface area contributed by atoms with Gasteiger partial charge < -0.3 is 15.0 Å². The molecule has 1 fully saturated rings. The average Bonchev–Trinajstić information content (AvgIpc) is 3.53. The van der Waals surface area contributed by atoms with Crippen molar-refractivity contribution in [3.8, 4) is 16.9 Å². The van der Waals surface area contributed by atoms with Gasteiger partial charge in [-0.2, -0.15) is 10.2 Å². The highest BCUT2D eigenvalue weighted by atomic mass is 19.1. The van der Waals surface area contributed by atoms with Crippen LogP contribution in [0.15, 0.2) is 54.9 Å². The summed E-state index contributed by atoms with van der Waals surface area (Å²) < 4.78 is 32.6. The Balaban J connectivity index is 1.31. The fraction of sp³-hybridized carbons (Fsp3) is 0.346. The third-order valence-corrected chi connectivity index (χ3v) is 6.46. The first kappa shape index (κ1) is 23.9. The second-order valence-corrected chi connectivity index (χ2v) is 8.94. The van der Waals surface area contributed by atoms with Crippen LogP contribution < -0.4 is 10.1 Å². The maximum atomic E-state index is 13.0. The zero-order valence-electron chi connectivity index (χ0n) is 20.0. The van der Waals surface area contributed by atoms with Crippen molar-refractivity contribution in [2.24, 2.45) is 0 Å². The van der Waals surface area contributed by atoms with Crippen LogP contribution in [0.1, 0.15) is 36.3 Å². The summed E-state index contributed by atoms with van der Waals surface area (Å²) in [5.74, 6) is 0.0189. The van der Waals surface area contributed by atoms with Crippen LogP contribution >= 0.6 is 0 Å². The van der Waals surface area contributed by atoms with Gasteiger partial charge in [0.15, 0.2) is 5.69 Å². The molecular weight excluding hydrogens is 466 g/mol. The molecule has 1 unspecified atom stereocenters. The molecule has 0 radical (unpaired) electrons. The lowest BCUT2D eigenvalue weighted by molar-refractivity contribution is 0.0860. The normalized spacial score (nSPS) is 15.8. The number of carbonyl (C=O) groups excluding carboxylic acids is 1. The van der Waals surface area contributed by atoms with Crippen LogP contribution in [-0.2, 0) is 0 Å². The fourth-order valence-corrected chi connectivity index (χ4v) is 4.58. The molecule has 188 valence electrons. The first-order valence-corrected chi connectivity index (χ1v) is 12.0. The van der Waals surface area contributed by atoms with Gasteiger partial charge in [0.1, 0.15) is 12.4 Å². The van der Waals surface area contributed by atoms with Gasteiger partial charge in [-0.25, -0.2) is 8.78 Å². The zero-order valence-corrected chi connectivity index (χ0v) is 20.0. The van der Waals surface area contributed by atoms with Crippen molar-refractivity contribution in [2.75, 3.05) is 31.6 Å². The van der Waals surface area contributed by atoms with Gasteiger partial charge in [-0.05, 0) is 54.8 Å². The van der Waals surface area contributed by atoms with Gasteiger partial charge in [0.05, 0.1) is 17.8 Å². The molecule has 4 aromatic rings. The van der Waals surface area contributed by atoms with Gasteiger partial charge in [-0.3, -0.25) is 14.6 Å². The number of nitrogens with one attached hydrogen (secondary N) is 2. The number of hydrogen-bond donors (Lipinski definition) is 2. The van der Waals surface area contributed by atoms with E-state index in [0.29, 0.717) is 29.4 Å². The molecule has 1 amide bonds. The molecule has 36 heavy (non-hydrogen) atoms. The number of nitrogens with zero attached hydrogens (tertiary/aromatic N) is 4. The second kappa shape index (κ2) is 10.4. The van der Waals surface area contributed by atoms with Crippen LogP contribution in [0.3, 0.4) is 0 Å². The molecule has 8 nitrogen and oxygen atoms in total. The summed E-state index contributed by atoms with van der Waals surface area (Å²) in [5.41, 5.74) is 3.45. The third-order valence-electron chi connectivity index (χ3n) is 6.46. The highest BCUT2D eigenvalue weighted by molar-refractivity contribution is 6.11. The SMILES string of the molecule is CC(F)Oc1ccc(NC(=O)c2n[nH]c3ccc(-c4cnn(C5CCN(CCF)CC5)c4)cc23)cc1. The Morgan fingerprint density at radius 3 is 2.69 bits per heavy atom. The summed E-state index contributed by atoms with van der Waals surface area (Å²) in [7, 11) is 0. The van der Waals surface area contributed by atoms with Crippen molar-refractivity contribution in [3.63, 3.8) is 0 Å². The lowest BCUT2D eigenvalue weighted by Crippen LogP contribution is -2.36. The quantitative estimate of drug-likeness (QED) is 0.361. The lowest BCUT2D eigenvalue weighted by atomic mass is 10.0. The topological polar surface area (TPSA) is 88.1 Å². The summed E-state index contributed by atoms with van der Waals surface area (Å²) >= 11 is 0. The Hall–Kier alpha value is -3.79. The van der Waals surface area contributed by atoms with E-state index in [4.69, 9.17) is 4.74 Å². The van der Waals surface area contributed by atoms with Crippen LogP contribution in [0.25, 0.3) is 22.0 Å². The van der Waals surface area contributed by atoms with E-state index in [1.165, 1.54) is 6.92 Å². The molecule has 0 saturated carbocycles. The second-order valence-electron chi connectivity index (χ2n) is 8.94. The molecule has 0 aliphatic carbocycles. The molecule has 5 rings (SSSR count). The van der Waals surface area contributed by atoms with Crippen LogP contribution in [0.5, 0.6) is 5.75 Å². The molecule has 2 N–H and O–H groups in total. The summed E-state index contributed by atoms with van der Waals surface area (Å²) in [6.07, 6.45) is 4.32. The summed E-state index contributed by atoms with van der Waals surface area (Å²) in [6.45, 7) is 3.23. The molecule has 10 heteroatoms. The number of H-pyrrole nitrogens is 1. The Labute approximate surface area is 207 Å². The summed E-state index contributed by atoms with van der Waals surface area (Å²) in [6, 6.07) is 12.6. The zero-order chi connectivity index (χ0) is 25.1.